The zero-order chi connectivity index (χ0) is 7.23. The van der Waals surface area contributed by atoms with E-state index in [1.165, 1.54) is 31.4 Å². The molecule has 0 aliphatic heterocycles. The van der Waals surface area contributed by atoms with Gasteiger partial charge in [-0.3, -0.25) is 4.99 Å². The molecule has 1 saturated carbocycles. The van der Waals surface area contributed by atoms with E-state index in [-0.39, 0.29) is 0 Å². The monoisotopic (exact) mass is 137 g/mol. The third kappa shape index (κ3) is 2.34. The van der Waals surface area contributed by atoms with Crippen molar-refractivity contribution in [2.75, 3.05) is 6.54 Å². The molecule has 0 saturated heterocycles. The van der Waals surface area contributed by atoms with Crippen LogP contribution in [-0.4, -0.2) is 12.3 Å². The molecule has 1 heteroatoms. The maximum absolute atomic E-state index is 4.44. The lowest BCUT2D eigenvalue weighted by Gasteiger charge is -1.90. The van der Waals surface area contributed by atoms with E-state index in [4.69, 9.17) is 0 Å². The number of hydrogen-bond donors (Lipinski definition) is 0. The van der Waals surface area contributed by atoms with E-state index < -0.39 is 0 Å². The molecule has 1 aliphatic carbocycles. The molecule has 0 heterocycles. The van der Waals surface area contributed by atoms with Gasteiger partial charge in [0.15, 0.2) is 0 Å². The second-order valence-corrected chi connectivity index (χ2v) is 2.68. The molecule has 0 atom stereocenters. The molecule has 0 bridgehead atoms. The Bertz CT molecular complexity index is 137. The maximum Gasteiger partial charge on any atom is 0.0569 e. The fraction of sp³-hybridized carbons (Fsp3) is 0.667. The standard InChI is InChI=1S/C9H15N/c1-2-3-8-10-9-6-4-5-7-9/h2-3H,4-8H2,1H3. The number of rotatable bonds is 2. The molecule has 0 aromatic heterocycles. The van der Waals surface area contributed by atoms with Crippen LogP contribution in [0.3, 0.4) is 0 Å². The molecule has 0 spiro atoms. The lowest BCUT2D eigenvalue weighted by Crippen LogP contribution is -1.88. The minimum atomic E-state index is 0.895. The first-order valence-electron chi connectivity index (χ1n) is 4.07. The Balaban J connectivity index is 2.24. The van der Waals surface area contributed by atoms with Gasteiger partial charge in [-0.1, -0.05) is 12.2 Å². The molecule has 0 unspecified atom stereocenters. The summed E-state index contributed by atoms with van der Waals surface area (Å²) in [7, 11) is 0. The predicted molar refractivity (Wildman–Crippen MR) is 45.6 cm³/mol. The van der Waals surface area contributed by atoms with Crippen molar-refractivity contribution in [2.45, 2.75) is 32.6 Å². The summed E-state index contributed by atoms with van der Waals surface area (Å²) >= 11 is 0. The van der Waals surface area contributed by atoms with Gasteiger partial charge in [-0.2, -0.15) is 0 Å². The SMILES string of the molecule is CC=CCN=C1CCCC1. The van der Waals surface area contributed by atoms with Crippen LogP contribution < -0.4 is 0 Å². The first-order chi connectivity index (χ1) is 4.93. The minimum absolute atomic E-state index is 0.895. The second-order valence-electron chi connectivity index (χ2n) is 2.68. The van der Waals surface area contributed by atoms with E-state index in [0.717, 1.165) is 6.54 Å². The van der Waals surface area contributed by atoms with Crippen LogP contribution in [0.2, 0.25) is 0 Å². The minimum Gasteiger partial charge on any atom is -0.290 e. The van der Waals surface area contributed by atoms with E-state index in [0.29, 0.717) is 0 Å². The summed E-state index contributed by atoms with van der Waals surface area (Å²) in [6.07, 6.45) is 9.36. The molecule has 10 heavy (non-hydrogen) atoms. The predicted octanol–water partition coefficient (Wildman–Crippen LogP) is 2.58. The highest BCUT2D eigenvalue weighted by Gasteiger charge is 2.05. The molecule has 0 amide bonds. The highest BCUT2D eigenvalue weighted by molar-refractivity contribution is 5.86. The van der Waals surface area contributed by atoms with Crippen molar-refractivity contribution in [1.29, 1.82) is 0 Å². The molecule has 0 aromatic carbocycles. The topological polar surface area (TPSA) is 12.4 Å². The Morgan fingerprint density at radius 1 is 1.40 bits per heavy atom. The van der Waals surface area contributed by atoms with Crippen molar-refractivity contribution >= 4 is 5.71 Å². The van der Waals surface area contributed by atoms with Crippen molar-refractivity contribution in [3.05, 3.63) is 12.2 Å². The van der Waals surface area contributed by atoms with Crippen LogP contribution in [0.4, 0.5) is 0 Å². The summed E-state index contributed by atoms with van der Waals surface area (Å²) in [6.45, 7) is 2.93. The zero-order valence-corrected chi connectivity index (χ0v) is 6.64. The average molecular weight is 137 g/mol. The summed E-state index contributed by atoms with van der Waals surface area (Å²) < 4.78 is 0. The molecule has 1 nitrogen and oxygen atoms in total. The average Bonchev–Trinajstić information content (AvgIpc) is 2.41. The smallest absolute Gasteiger partial charge is 0.0569 e. The quantitative estimate of drug-likeness (QED) is 0.519. The maximum atomic E-state index is 4.44. The Labute approximate surface area is 62.9 Å². The van der Waals surface area contributed by atoms with E-state index in [9.17, 15) is 0 Å². The van der Waals surface area contributed by atoms with Gasteiger partial charge in [-0.25, -0.2) is 0 Å². The highest BCUT2D eigenvalue weighted by atomic mass is 14.7. The third-order valence-electron chi connectivity index (χ3n) is 1.84. The van der Waals surface area contributed by atoms with E-state index in [1.807, 2.05) is 6.92 Å². The van der Waals surface area contributed by atoms with Gasteiger partial charge >= 0.3 is 0 Å². The van der Waals surface area contributed by atoms with Crippen LogP contribution >= 0.6 is 0 Å². The Kier molecular flexibility index (Phi) is 3.20. The van der Waals surface area contributed by atoms with E-state index >= 15 is 0 Å². The largest absolute Gasteiger partial charge is 0.290 e. The van der Waals surface area contributed by atoms with Crippen LogP contribution in [0.1, 0.15) is 32.6 Å². The Morgan fingerprint density at radius 2 is 2.10 bits per heavy atom. The van der Waals surface area contributed by atoms with Crippen molar-refractivity contribution in [1.82, 2.24) is 0 Å². The van der Waals surface area contributed by atoms with Crippen LogP contribution in [0.5, 0.6) is 0 Å². The molecule has 56 valence electrons. The summed E-state index contributed by atoms with van der Waals surface area (Å²) in [5, 5.41) is 0. The van der Waals surface area contributed by atoms with Gasteiger partial charge in [0.05, 0.1) is 6.54 Å². The van der Waals surface area contributed by atoms with Gasteiger partial charge in [-0.05, 0) is 32.6 Å². The first kappa shape index (κ1) is 7.52. The van der Waals surface area contributed by atoms with E-state index in [2.05, 4.69) is 17.1 Å². The lowest BCUT2D eigenvalue weighted by molar-refractivity contribution is 0.886. The van der Waals surface area contributed by atoms with Crippen molar-refractivity contribution in [3.8, 4) is 0 Å². The number of allylic oxidation sites excluding steroid dienone is 1. The molecule has 0 N–H and O–H groups in total. The first-order valence-corrected chi connectivity index (χ1v) is 4.07. The van der Waals surface area contributed by atoms with E-state index in [1.54, 1.807) is 0 Å². The molecule has 1 rings (SSSR count). The van der Waals surface area contributed by atoms with Crippen molar-refractivity contribution < 1.29 is 0 Å². The second kappa shape index (κ2) is 4.26. The fourth-order valence-corrected chi connectivity index (χ4v) is 1.23. The summed E-state index contributed by atoms with van der Waals surface area (Å²) in [4.78, 5) is 4.44. The van der Waals surface area contributed by atoms with Gasteiger partial charge in [0, 0.05) is 5.71 Å². The lowest BCUT2D eigenvalue weighted by atomic mass is 10.3. The van der Waals surface area contributed by atoms with Gasteiger partial charge in [0.25, 0.3) is 0 Å². The molecule has 1 fully saturated rings. The van der Waals surface area contributed by atoms with Gasteiger partial charge in [0.2, 0.25) is 0 Å². The van der Waals surface area contributed by atoms with Gasteiger partial charge in [-0.15, -0.1) is 0 Å². The number of nitrogens with zero attached hydrogens (tertiary/aromatic N) is 1. The molecule has 0 aromatic rings. The van der Waals surface area contributed by atoms with Gasteiger partial charge < -0.3 is 0 Å². The zero-order valence-electron chi connectivity index (χ0n) is 6.64. The summed E-state index contributed by atoms with van der Waals surface area (Å²) in [5.41, 5.74) is 1.43. The van der Waals surface area contributed by atoms with Crippen LogP contribution in [0.15, 0.2) is 17.1 Å². The molecule has 0 radical (unpaired) electrons. The van der Waals surface area contributed by atoms with Gasteiger partial charge in [0.1, 0.15) is 0 Å². The van der Waals surface area contributed by atoms with Crippen molar-refractivity contribution in [3.63, 3.8) is 0 Å². The normalized spacial score (nSPS) is 18.7. The Hall–Kier alpha value is -0.590. The number of aliphatic imine (C=N–C) groups is 1. The van der Waals surface area contributed by atoms with Crippen molar-refractivity contribution in [2.24, 2.45) is 4.99 Å². The molecular formula is C9H15N. The number of hydrogen-bond acceptors (Lipinski definition) is 1. The van der Waals surface area contributed by atoms with Crippen LogP contribution in [-0.2, 0) is 0 Å². The molecule has 1 aliphatic rings. The Morgan fingerprint density at radius 3 is 2.70 bits per heavy atom. The van der Waals surface area contributed by atoms with Crippen LogP contribution in [0, 0.1) is 0 Å². The fourth-order valence-electron chi connectivity index (χ4n) is 1.23. The summed E-state index contributed by atoms with van der Waals surface area (Å²) in [5.74, 6) is 0. The summed E-state index contributed by atoms with van der Waals surface area (Å²) in [6, 6.07) is 0. The highest BCUT2D eigenvalue weighted by Crippen LogP contribution is 2.14. The van der Waals surface area contributed by atoms with Crippen LogP contribution in [0.25, 0.3) is 0 Å². The third-order valence-corrected chi connectivity index (χ3v) is 1.84. The molecular weight excluding hydrogens is 122 g/mol.